The molecule has 0 saturated carbocycles. The van der Waals surface area contributed by atoms with Crippen molar-refractivity contribution in [1.29, 1.82) is 0 Å². The number of alkyl halides is 1. The third kappa shape index (κ3) is 5.41. The molecule has 0 heterocycles. The standard InChI is InChI=1S/C14H20BrClO/c1-11(2)10-17-8-7-12(9-15)13-5-3-4-6-14(13)16/h3-6,11-12H,7-10H2,1-2H3. The van der Waals surface area contributed by atoms with E-state index in [1.165, 1.54) is 5.56 Å². The van der Waals surface area contributed by atoms with Crippen LogP contribution in [0.1, 0.15) is 31.7 Å². The van der Waals surface area contributed by atoms with E-state index in [-0.39, 0.29) is 0 Å². The lowest BCUT2D eigenvalue weighted by Crippen LogP contribution is -2.08. The Balaban J connectivity index is 2.46. The van der Waals surface area contributed by atoms with Gasteiger partial charge in [-0.2, -0.15) is 0 Å². The highest BCUT2D eigenvalue weighted by molar-refractivity contribution is 9.09. The van der Waals surface area contributed by atoms with Gasteiger partial charge in [0.1, 0.15) is 0 Å². The molecule has 0 fully saturated rings. The van der Waals surface area contributed by atoms with E-state index in [0.717, 1.165) is 30.0 Å². The molecule has 0 amide bonds. The van der Waals surface area contributed by atoms with Gasteiger partial charge in [-0.25, -0.2) is 0 Å². The number of hydrogen-bond donors (Lipinski definition) is 0. The van der Waals surface area contributed by atoms with Crippen LogP contribution in [0.2, 0.25) is 5.02 Å². The quantitative estimate of drug-likeness (QED) is 0.514. The molecular weight excluding hydrogens is 300 g/mol. The van der Waals surface area contributed by atoms with Crippen LogP contribution in [0.15, 0.2) is 24.3 Å². The average Bonchev–Trinajstić information content (AvgIpc) is 2.30. The summed E-state index contributed by atoms with van der Waals surface area (Å²) in [5.41, 5.74) is 1.21. The first kappa shape index (κ1) is 15.0. The Hall–Kier alpha value is -0.0500. The molecule has 1 unspecified atom stereocenters. The highest BCUT2D eigenvalue weighted by Gasteiger charge is 2.13. The highest BCUT2D eigenvalue weighted by atomic mass is 79.9. The largest absolute Gasteiger partial charge is 0.381 e. The molecule has 1 aromatic carbocycles. The molecule has 0 radical (unpaired) electrons. The molecule has 0 aromatic heterocycles. The fourth-order valence-electron chi connectivity index (χ4n) is 1.67. The third-order valence-corrected chi connectivity index (χ3v) is 3.72. The van der Waals surface area contributed by atoms with Gasteiger partial charge >= 0.3 is 0 Å². The number of hydrogen-bond acceptors (Lipinski definition) is 1. The SMILES string of the molecule is CC(C)COCCC(CBr)c1ccccc1Cl. The summed E-state index contributed by atoms with van der Waals surface area (Å²) in [5, 5.41) is 1.77. The maximum Gasteiger partial charge on any atom is 0.0488 e. The summed E-state index contributed by atoms with van der Waals surface area (Å²) in [7, 11) is 0. The maximum absolute atomic E-state index is 6.20. The Bertz CT molecular complexity index is 328. The molecule has 1 atom stereocenters. The summed E-state index contributed by atoms with van der Waals surface area (Å²) in [6.07, 6.45) is 1.00. The molecule has 1 nitrogen and oxygen atoms in total. The number of benzene rings is 1. The molecule has 0 bridgehead atoms. The number of rotatable bonds is 7. The lowest BCUT2D eigenvalue weighted by Gasteiger charge is -2.16. The second kappa shape index (κ2) is 8.12. The first-order valence-electron chi connectivity index (χ1n) is 6.03. The number of halogens is 2. The van der Waals surface area contributed by atoms with Crippen molar-refractivity contribution in [3.63, 3.8) is 0 Å². The van der Waals surface area contributed by atoms with Gasteiger partial charge in [0.15, 0.2) is 0 Å². The van der Waals surface area contributed by atoms with Gasteiger partial charge in [0.05, 0.1) is 0 Å². The molecule has 0 saturated heterocycles. The second-order valence-corrected chi connectivity index (χ2v) is 5.68. The molecule has 0 aliphatic rings. The van der Waals surface area contributed by atoms with Crippen LogP contribution in [-0.4, -0.2) is 18.5 Å². The van der Waals surface area contributed by atoms with Crippen LogP contribution in [0.3, 0.4) is 0 Å². The van der Waals surface area contributed by atoms with Crippen molar-refractivity contribution < 1.29 is 4.74 Å². The Morgan fingerprint density at radius 1 is 1.29 bits per heavy atom. The molecule has 3 heteroatoms. The van der Waals surface area contributed by atoms with Gasteiger partial charge < -0.3 is 4.74 Å². The van der Waals surface area contributed by atoms with Crippen LogP contribution < -0.4 is 0 Å². The van der Waals surface area contributed by atoms with E-state index >= 15 is 0 Å². The van der Waals surface area contributed by atoms with Crippen LogP contribution in [-0.2, 0) is 4.74 Å². The first-order valence-corrected chi connectivity index (χ1v) is 7.53. The predicted octanol–water partition coefficient (Wildman–Crippen LogP) is 4.88. The summed E-state index contributed by atoms with van der Waals surface area (Å²) in [4.78, 5) is 0. The van der Waals surface area contributed by atoms with Crippen LogP contribution in [0.5, 0.6) is 0 Å². The van der Waals surface area contributed by atoms with Crippen molar-refractivity contribution in [1.82, 2.24) is 0 Å². The van der Waals surface area contributed by atoms with Crippen molar-refractivity contribution in [3.05, 3.63) is 34.9 Å². The molecule has 96 valence electrons. The van der Waals surface area contributed by atoms with Crippen LogP contribution in [0.25, 0.3) is 0 Å². The van der Waals surface area contributed by atoms with Crippen molar-refractivity contribution in [2.45, 2.75) is 26.2 Å². The monoisotopic (exact) mass is 318 g/mol. The first-order chi connectivity index (χ1) is 8.15. The fourth-order valence-corrected chi connectivity index (χ4v) is 2.63. The predicted molar refractivity (Wildman–Crippen MR) is 78.3 cm³/mol. The van der Waals surface area contributed by atoms with Gasteiger partial charge in [0, 0.05) is 23.6 Å². The van der Waals surface area contributed by atoms with E-state index < -0.39 is 0 Å². The normalized spacial score (nSPS) is 13.0. The van der Waals surface area contributed by atoms with Crippen molar-refractivity contribution >= 4 is 27.5 Å². The lowest BCUT2D eigenvalue weighted by atomic mass is 9.98. The second-order valence-electron chi connectivity index (χ2n) is 4.63. The van der Waals surface area contributed by atoms with Gasteiger partial charge in [0.2, 0.25) is 0 Å². The fraction of sp³-hybridized carbons (Fsp3) is 0.571. The average molecular weight is 320 g/mol. The van der Waals surface area contributed by atoms with E-state index in [1.807, 2.05) is 18.2 Å². The van der Waals surface area contributed by atoms with Gasteiger partial charge in [-0.3, -0.25) is 0 Å². The zero-order chi connectivity index (χ0) is 12.7. The maximum atomic E-state index is 6.20. The minimum atomic E-state index is 0.427. The molecule has 1 rings (SSSR count). The number of ether oxygens (including phenoxy) is 1. The Kier molecular flexibility index (Phi) is 7.17. The highest BCUT2D eigenvalue weighted by Crippen LogP contribution is 2.28. The summed E-state index contributed by atoms with van der Waals surface area (Å²) in [5.74, 6) is 1.02. The Morgan fingerprint density at radius 3 is 2.59 bits per heavy atom. The molecule has 1 aromatic rings. The topological polar surface area (TPSA) is 9.23 Å². The van der Waals surface area contributed by atoms with Gasteiger partial charge in [-0.15, -0.1) is 0 Å². The van der Waals surface area contributed by atoms with E-state index in [2.05, 4.69) is 35.8 Å². The lowest BCUT2D eigenvalue weighted by molar-refractivity contribution is 0.105. The summed E-state index contributed by atoms with van der Waals surface area (Å²) in [6.45, 7) is 5.95. The van der Waals surface area contributed by atoms with E-state index in [4.69, 9.17) is 16.3 Å². The van der Waals surface area contributed by atoms with Crippen LogP contribution in [0.4, 0.5) is 0 Å². The van der Waals surface area contributed by atoms with E-state index in [1.54, 1.807) is 0 Å². The van der Waals surface area contributed by atoms with Crippen molar-refractivity contribution in [3.8, 4) is 0 Å². The van der Waals surface area contributed by atoms with Crippen LogP contribution in [0, 0.1) is 5.92 Å². The minimum absolute atomic E-state index is 0.427. The van der Waals surface area contributed by atoms with E-state index in [0.29, 0.717) is 11.8 Å². The Labute approximate surface area is 118 Å². The smallest absolute Gasteiger partial charge is 0.0488 e. The van der Waals surface area contributed by atoms with Crippen LogP contribution >= 0.6 is 27.5 Å². The van der Waals surface area contributed by atoms with Gasteiger partial charge in [0.25, 0.3) is 0 Å². The summed E-state index contributed by atoms with van der Waals surface area (Å²) in [6, 6.07) is 8.04. The zero-order valence-corrected chi connectivity index (χ0v) is 12.8. The summed E-state index contributed by atoms with van der Waals surface area (Å²) < 4.78 is 5.62. The molecule has 0 aliphatic carbocycles. The van der Waals surface area contributed by atoms with Crippen molar-refractivity contribution in [2.75, 3.05) is 18.5 Å². The van der Waals surface area contributed by atoms with Gasteiger partial charge in [-0.1, -0.05) is 59.6 Å². The molecule has 17 heavy (non-hydrogen) atoms. The Morgan fingerprint density at radius 2 is 2.00 bits per heavy atom. The molecular formula is C14H20BrClO. The van der Waals surface area contributed by atoms with Crippen molar-refractivity contribution in [2.24, 2.45) is 5.92 Å². The van der Waals surface area contributed by atoms with Gasteiger partial charge in [-0.05, 0) is 29.9 Å². The zero-order valence-electron chi connectivity index (χ0n) is 10.5. The molecule has 0 aliphatic heterocycles. The molecule has 0 spiro atoms. The third-order valence-electron chi connectivity index (χ3n) is 2.59. The minimum Gasteiger partial charge on any atom is -0.381 e. The molecule has 0 N–H and O–H groups in total. The van der Waals surface area contributed by atoms with E-state index in [9.17, 15) is 0 Å². The summed E-state index contributed by atoms with van der Waals surface area (Å²) >= 11 is 9.75.